The Labute approximate surface area is 600 Å². The second-order valence-electron chi connectivity index (χ2n) is 23.7. The highest BCUT2D eigenvalue weighted by molar-refractivity contribution is 6.36. The van der Waals surface area contributed by atoms with Crippen molar-refractivity contribution in [2.45, 2.75) is 65.5 Å². The van der Waals surface area contributed by atoms with Crippen molar-refractivity contribution in [3.8, 4) is 0 Å². The van der Waals surface area contributed by atoms with Gasteiger partial charge in [-0.1, -0.05) is 242 Å². The second-order valence-corrected chi connectivity index (χ2v) is 27.1. The van der Waals surface area contributed by atoms with Crippen LogP contribution in [0, 0.1) is 34.3 Å². The fraction of sp³-hybridized carbons (Fsp3) is 0.134. The van der Waals surface area contributed by atoms with Gasteiger partial charge in [0.1, 0.15) is 6.29 Å². The van der Waals surface area contributed by atoms with Crippen molar-refractivity contribution in [3.63, 3.8) is 0 Å². The fourth-order valence-electron chi connectivity index (χ4n) is 11.2. The summed E-state index contributed by atoms with van der Waals surface area (Å²) in [6.07, 6.45) is 5.13. The van der Waals surface area contributed by atoms with E-state index in [2.05, 4.69) is 97.7 Å². The summed E-state index contributed by atoms with van der Waals surface area (Å²) in [4.78, 5) is 49.9. The number of carbonyl (C=O) groups excluding carboxylic acids is 4. The normalized spacial score (nSPS) is 13.5. The molecule has 0 amide bonds. The van der Waals surface area contributed by atoms with Gasteiger partial charge in [0.05, 0.1) is 6.42 Å². The summed E-state index contributed by atoms with van der Waals surface area (Å²) in [6, 6.07) is 69.6. The average Bonchev–Trinajstić information content (AvgIpc) is 1.84. The van der Waals surface area contributed by atoms with E-state index < -0.39 is 6.04 Å². The van der Waals surface area contributed by atoms with E-state index in [4.69, 9.17) is 99.4 Å². The maximum Gasteiger partial charge on any atom is 0.256 e. The monoisotopic (exact) mass is 1420 g/mol. The van der Waals surface area contributed by atoms with Gasteiger partial charge < -0.3 is 10.2 Å². The van der Waals surface area contributed by atoms with Crippen molar-refractivity contribution in [2.75, 3.05) is 6.54 Å². The highest BCUT2D eigenvalue weighted by Crippen LogP contribution is 2.37. The summed E-state index contributed by atoms with van der Waals surface area (Å²) in [5.74, 6) is 0.440. The molecule has 1 unspecified atom stereocenters. The van der Waals surface area contributed by atoms with Gasteiger partial charge in [-0.15, -0.1) is 0 Å². The van der Waals surface area contributed by atoms with Crippen molar-refractivity contribution >= 4 is 166 Å². The number of ketones is 3. The minimum absolute atomic E-state index is 0.0522. The SMILES string of the molecule is CC(=O)c1ccc2cc(C)ccc2c1.Cc1ccc2cc(C(=O)/C=C/c3cc(Cl)cc(Cl)c3)ccc2c1.Cc1ccc2cc([C@H]3C[C@@H](c4cc(Cl)cc(Cl)c4)CN3)ccc2c1.O=Cc1cc(Cl)cc(Cl)c1.[C-]#[N+]C(CC(=O)c1ccc2cc(C)ccc2c1)c1cc(Cl)cc(Cl)c1. The molecule has 0 spiro atoms. The molecule has 96 heavy (non-hydrogen) atoms. The Balaban J connectivity index is 0.000000145. The first-order valence-electron chi connectivity index (χ1n) is 30.6. The Morgan fingerprint density at radius 3 is 1.28 bits per heavy atom. The average molecular weight is 1430 g/mol. The Morgan fingerprint density at radius 2 is 0.823 bits per heavy atom. The number of rotatable bonds is 11. The molecule has 0 aromatic heterocycles. The van der Waals surface area contributed by atoms with E-state index in [1.807, 2.05) is 97.9 Å². The smallest absolute Gasteiger partial charge is 0.256 e. The molecule has 482 valence electrons. The van der Waals surface area contributed by atoms with Gasteiger partial charge in [0, 0.05) is 80.6 Å². The van der Waals surface area contributed by atoms with Crippen molar-refractivity contribution in [2.24, 2.45) is 0 Å². The minimum Gasteiger partial charge on any atom is -0.309 e. The van der Waals surface area contributed by atoms with Gasteiger partial charge in [0.2, 0.25) is 0 Å². The number of allylic oxidation sites excluding steroid dienone is 1. The molecule has 1 heterocycles. The maximum absolute atomic E-state index is 12.7. The first kappa shape index (κ1) is 72.1. The molecular formula is C82H64Cl8N2O4. The van der Waals surface area contributed by atoms with E-state index in [1.165, 1.54) is 55.6 Å². The quantitative estimate of drug-likeness (QED) is 0.0604. The van der Waals surface area contributed by atoms with Gasteiger partial charge in [-0.3, -0.25) is 19.2 Å². The predicted octanol–water partition coefficient (Wildman–Crippen LogP) is 25.5. The number of halogens is 8. The molecule has 1 fully saturated rings. The number of fused-ring (bicyclic) bond motifs is 4. The van der Waals surface area contributed by atoms with E-state index >= 15 is 0 Å². The molecule has 0 aliphatic carbocycles. The molecule has 0 bridgehead atoms. The number of nitrogens with zero attached hydrogens (tertiary/aromatic N) is 1. The number of carbonyl (C=O) groups is 4. The first-order chi connectivity index (χ1) is 45.9. The van der Waals surface area contributed by atoms with Crippen molar-refractivity contribution in [3.05, 3.63) is 343 Å². The van der Waals surface area contributed by atoms with Crippen LogP contribution in [-0.2, 0) is 0 Å². The lowest BCUT2D eigenvalue weighted by Gasteiger charge is -2.13. The van der Waals surface area contributed by atoms with Gasteiger partial charge in [0.15, 0.2) is 17.3 Å². The Kier molecular flexibility index (Phi) is 25.3. The third kappa shape index (κ3) is 20.5. The summed E-state index contributed by atoms with van der Waals surface area (Å²) < 4.78 is 0. The van der Waals surface area contributed by atoms with Crippen molar-refractivity contribution in [1.29, 1.82) is 0 Å². The van der Waals surface area contributed by atoms with Crippen LogP contribution in [0.4, 0.5) is 0 Å². The number of hydrogen-bond donors (Lipinski definition) is 1. The molecule has 1 saturated heterocycles. The lowest BCUT2D eigenvalue weighted by Crippen LogP contribution is -2.13. The van der Waals surface area contributed by atoms with E-state index in [1.54, 1.807) is 73.7 Å². The summed E-state index contributed by atoms with van der Waals surface area (Å²) in [5.41, 5.74) is 11.5. The number of Topliss-reactive ketones (excluding diaryl/α,β-unsaturated/α-hetero) is 2. The minimum atomic E-state index is -0.600. The van der Waals surface area contributed by atoms with Crippen LogP contribution in [0.15, 0.2) is 224 Å². The lowest BCUT2D eigenvalue weighted by molar-refractivity contribution is 0.0975. The van der Waals surface area contributed by atoms with E-state index in [0.29, 0.717) is 80.7 Å². The van der Waals surface area contributed by atoms with Gasteiger partial charge in [-0.25, -0.2) is 6.57 Å². The number of nitrogens with one attached hydrogen (secondary N) is 1. The highest BCUT2D eigenvalue weighted by Gasteiger charge is 2.27. The molecule has 1 aliphatic rings. The molecule has 13 rings (SSSR count). The van der Waals surface area contributed by atoms with Gasteiger partial charge in [0.25, 0.3) is 6.04 Å². The number of benzene rings is 12. The van der Waals surface area contributed by atoms with Gasteiger partial charge in [-0.2, -0.15) is 0 Å². The summed E-state index contributed by atoms with van der Waals surface area (Å²) in [6.45, 7) is 18.3. The molecule has 1 N–H and O–H groups in total. The van der Waals surface area contributed by atoms with Crippen LogP contribution < -0.4 is 5.32 Å². The molecule has 14 heteroatoms. The Bertz CT molecular complexity index is 4900. The zero-order valence-electron chi connectivity index (χ0n) is 53.0. The highest BCUT2D eigenvalue weighted by atomic mass is 35.5. The van der Waals surface area contributed by atoms with E-state index in [9.17, 15) is 19.2 Å². The fourth-order valence-corrected chi connectivity index (χ4v) is 13.3. The van der Waals surface area contributed by atoms with Crippen LogP contribution in [0.2, 0.25) is 40.2 Å². The zero-order valence-corrected chi connectivity index (χ0v) is 59.0. The van der Waals surface area contributed by atoms with Crippen LogP contribution in [0.5, 0.6) is 0 Å². The maximum atomic E-state index is 12.7. The number of aldehydes is 1. The third-order valence-corrected chi connectivity index (χ3v) is 17.8. The van der Waals surface area contributed by atoms with E-state index in [-0.39, 0.29) is 23.8 Å². The standard InChI is InChI=1S/C21H15Cl2NO.C21H19Cl2N.C20H14Cl2O.C13H12O.C7H4Cl2O/c1-13-3-4-15-8-16(6-5-14(15)7-13)21(25)12-20(24-2)17-9-18(22)11-19(23)10-17;1-13-2-3-15-7-16(5-4-14(15)6-13)21-10-18(12-24-21)17-8-19(22)11-20(23)9-17;1-13-2-4-16-11-17(6-5-15(16)8-13)20(23)7-3-14-9-18(21)12-19(22)10-14;1-9-3-4-13-8-11(10(2)14)5-6-12(13)7-9;8-6-1-5(4-10)2-7(9)3-6/h3-11,20H,12H2,1H3;2-9,11,18,21,24H,10,12H2,1H3;2-12H,1H3;3-8H,1-2H3;1-4H/b;;7-3+;;/t;18-,21-;;;/m.1.../s1. The second kappa shape index (κ2) is 33.7. The Hall–Kier alpha value is -8.13. The molecule has 12 aromatic carbocycles. The van der Waals surface area contributed by atoms with Crippen LogP contribution >= 0.6 is 92.8 Å². The molecule has 0 saturated carbocycles. The Morgan fingerprint density at radius 1 is 0.448 bits per heavy atom. The van der Waals surface area contributed by atoms with Crippen LogP contribution in [0.3, 0.4) is 0 Å². The van der Waals surface area contributed by atoms with Crippen LogP contribution in [0.25, 0.3) is 54.0 Å². The molecule has 1 aliphatic heterocycles. The summed E-state index contributed by atoms with van der Waals surface area (Å²) in [7, 11) is 0. The predicted molar refractivity (Wildman–Crippen MR) is 406 cm³/mol. The van der Waals surface area contributed by atoms with Gasteiger partial charge in [-0.05, 0) is 210 Å². The number of hydrogen-bond acceptors (Lipinski definition) is 5. The topological polar surface area (TPSA) is 84.7 Å². The number of aryl methyl sites for hydroxylation is 4. The zero-order chi connectivity index (χ0) is 68.7. The first-order valence-corrected chi connectivity index (χ1v) is 33.6. The summed E-state index contributed by atoms with van der Waals surface area (Å²) >= 11 is 47.4. The largest absolute Gasteiger partial charge is 0.309 e. The molecule has 6 nitrogen and oxygen atoms in total. The van der Waals surface area contributed by atoms with Crippen LogP contribution in [0.1, 0.15) is 124 Å². The lowest BCUT2D eigenvalue weighted by atomic mass is 9.93. The van der Waals surface area contributed by atoms with Crippen LogP contribution in [-0.4, -0.2) is 30.2 Å². The molecule has 0 radical (unpaired) electrons. The summed E-state index contributed by atoms with van der Waals surface area (Å²) in [5, 5.41) is 17.3. The van der Waals surface area contributed by atoms with Crippen molar-refractivity contribution in [1.82, 2.24) is 5.32 Å². The third-order valence-electron chi connectivity index (χ3n) is 16.0. The van der Waals surface area contributed by atoms with Gasteiger partial charge >= 0.3 is 0 Å². The molecule has 12 aromatic rings. The van der Waals surface area contributed by atoms with Crippen molar-refractivity contribution < 1.29 is 19.2 Å². The molecular weight excluding hydrogens is 1360 g/mol. The van der Waals surface area contributed by atoms with E-state index in [0.717, 1.165) is 51.0 Å². The molecule has 3 atom stereocenters.